The van der Waals surface area contributed by atoms with E-state index in [0.717, 1.165) is 25.8 Å². The molecule has 1 aliphatic heterocycles. The average Bonchev–Trinajstić information content (AvgIpc) is 2.35. The van der Waals surface area contributed by atoms with Crippen LogP contribution in [0, 0.1) is 5.92 Å². The lowest BCUT2D eigenvalue weighted by molar-refractivity contribution is -0.124. The van der Waals surface area contributed by atoms with Crippen molar-refractivity contribution in [2.24, 2.45) is 5.92 Å². The molecule has 0 aromatic heterocycles. The van der Waals surface area contributed by atoms with Crippen molar-refractivity contribution in [1.29, 1.82) is 0 Å². The molecule has 0 radical (unpaired) electrons. The Balaban J connectivity index is 2.30. The Kier molecular flexibility index (Phi) is 5.77. The van der Waals surface area contributed by atoms with E-state index in [4.69, 9.17) is 0 Å². The van der Waals surface area contributed by atoms with Crippen molar-refractivity contribution in [2.75, 3.05) is 13.1 Å². The maximum absolute atomic E-state index is 11.8. The number of hydrogen-bond donors (Lipinski definition) is 3. The normalized spacial score (nSPS) is 27.4. The van der Waals surface area contributed by atoms with Gasteiger partial charge in [0.2, 0.25) is 5.91 Å². The third kappa shape index (κ3) is 4.10. The largest absolute Gasteiger partial charge is 0.391 e. The molecule has 3 atom stereocenters. The Morgan fingerprint density at radius 3 is 2.94 bits per heavy atom. The standard InChI is InChI=1S/C12H24N2O2/c1-3-9-5-6-13-11(7-9)12(16)14-8-10(15)4-2/h9-11,13,15H,3-8H2,1-2H3,(H,14,16). The van der Waals surface area contributed by atoms with Gasteiger partial charge in [0.25, 0.3) is 0 Å². The predicted molar refractivity (Wildman–Crippen MR) is 64.1 cm³/mol. The molecule has 1 amide bonds. The van der Waals surface area contributed by atoms with Crippen LogP contribution in [0.4, 0.5) is 0 Å². The number of piperidine rings is 1. The molecular formula is C12H24N2O2. The molecule has 0 bridgehead atoms. The Morgan fingerprint density at radius 2 is 2.31 bits per heavy atom. The van der Waals surface area contributed by atoms with Crippen molar-refractivity contribution in [1.82, 2.24) is 10.6 Å². The topological polar surface area (TPSA) is 61.4 Å². The van der Waals surface area contributed by atoms with Gasteiger partial charge in [-0.1, -0.05) is 20.3 Å². The molecular weight excluding hydrogens is 204 g/mol. The second-order valence-corrected chi connectivity index (χ2v) is 4.61. The summed E-state index contributed by atoms with van der Waals surface area (Å²) in [7, 11) is 0. The summed E-state index contributed by atoms with van der Waals surface area (Å²) < 4.78 is 0. The summed E-state index contributed by atoms with van der Waals surface area (Å²) in [4.78, 5) is 11.8. The highest BCUT2D eigenvalue weighted by Crippen LogP contribution is 2.19. The van der Waals surface area contributed by atoms with Gasteiger partial charge in [-0.2, -0.15) is 0 Å². The number of aliphatic hydroxyl groups excluding tert-OH is 1. The van der Waals surface area contributed by atoms with E-state index < -0.39 is 6.10 Å². The molecule has 16 heavy (non-hydrogen) atoms. The van der Waals surface area contributed by atoms with Gasteiger partial charge in [-0.15, -0.1) is 0 Å². The zero-order chi connectivity index (χ0) is 12.0. The predicted octanol–water partition coefficient (Wildman–Crippen LogP) is 0.652. The van der Waals surface area contributed by atoms with Gasteiger partial charge in [0.1, 0.15) is 0 Å². The van der Waals surface area contributed by atoms with E-state index in [2.05, 4.69) is 17.6 Å². The van der Waals surface area contributed by atoms with Crippen molar-refractivity contribution in [3.8, 4) is 0 Å². The number of carbonyl (C=O) groups is 1. The minimum absolute atomic E-state index is 0.0330. The lowest BCUT2D eigenvalue weighted by Gasteiger charge is -2.29. The van der Waals surface area contributed by atoms with Crippen LogP contribution in [-0.4, -0.2) is 36.2 Å². The molecule has 1 saturated heterocycles. The summed E-state index contributed by atoms with van der Waals surface area (Å²) in [6.07, 6.45) is 3.48. The fraction of sp³-hybridized carbons (Fsp3) is 0.917. The summed E-state index contributed by atoms with van der Waals surface area (Å²) in [5, 5.41) is 15.4. The molecule has 94 valence electrons. The van der Waals surface area contributed by atoms with Crippen LogP contribution >= 0.6 is 0 Å². The third-order valence-electron chi connectivity index (χ3n) is 3.39. The number of aliphatic hydroxyl groups is 1. The highest BCUT2D eigenvalue weighted by Gasteiger charge is 2.25. The molecule has 3 unspecified atom stereocenters. The van der Waals surface area contributed by atoms with Crippen LogP contribution in [0.5, 0.6) is 0 Å². The smallest absolute Gasteiger partial charge is 0.237 e. The van der Waals surface area contributed by atoms with Crippen LogP contribution < -0.4 is 10.6 Å². The minimum atomic E-state index is -0.422. The Hall–Kier alpha value is -0.610. The molecule has 1 rings (SSSR count). The molecule has 0 aliphatic carbocycles. The Morgan fingerprint density at radius 1 is 1.56 bits per heavy atom. The monoisotopic (exact) mass is 228 g/mol. The van der Waals surface area contributed by atoms with Gasteiger partial charge >= 0.3 is 0 Å². The van der Waals surface area contributed by atoms with Crippen LogP contribution in [-0.2, 0) is 4.79 Å². The number of amides is 1. The summed E-state index contributed by atoms with van der Waals surface area (Å²) in [6, 6.07) is -0.0669. The van der Waals surface area contributed by atoms with E-state index in [0.29, 0.717) is 18.9 Å². The van der Waals surface area contributed by atoms with Gasteiger partial charge in [-0.25, -0.2) is 0 Å². The van der Waals surface area contributed by atoms with E-state index in [-0.39, 0.29) is 11.9 Å². The Bertz CT molecular complexity index is 221. The molecule has 4 nitrogen and oxygen atoms in total. The second kappa shape index (κ2) is 6.86. The first kappa shape index (κ1) is 13.5. The van der Waals surface area contributed by atoms with Crippen molar-refractivity contribution < 1.29 is 9.90 Å². The first-order valence-corrected chi connectivity index (χ1v) is 6.36. The van der Waals surface area contributed by atoms with Crippen molar-refractivity contribution in [2.45, 2.75) is 51.7 Å². The number of hydrogen-bond acceptors (Lipinski definition) is 3. The summed E-state index contributed by atoms with van der Waals surface area (Å²) in [5.41, 5.74) is 0. The quantitative estimate of drug-likeness (QED) is 0.647. The number of rotatable bonds is 5. The van der Waals surface area contributed by atoms with Gasteiger partial charge in [0, 0.05) is 6.54 Å². The van der Waals surface area contributed by atoms with Gasteiger partial charge in [0.15, 0.2) is 0 Å². The lowest BCUT2D eigenvalue weighted by Crippen LogP contribution is -2.49. The van der Waals surface area contributed by atoms with Crippen LogP contribution in [0.25, 0.3) is 0 Å². The zero-order valence-corrected chi connectivity index (χ0v) is 10.3. The molecule has 0 saturated carbocycles. The van der Waals surface area contributed by atoms with Crippen molar-refractivity contribution >= 4 is 5.91 Å². The first-order chi connectivity index (χ1) is 7.67. The van der Waals surface area contributed by atoms with E-state index in [1.807, 2.05) is 6.92 Å². The molecule has 0 aromatic carbocycles. The maximum Gasteiger partial charge on any atom is 0.237 e. The SMILES string of the molecule is CCC(O)CNC(=O)C1CC(CC)CCN1. The third-order valence-corrected chi connectivity index (χ3v) is 3.39. The fourth-order valence-corrected chi connectivity index (χ4v) is 2.05. The number of nitrogens with one attached hydrogen (secondary N) is 2. The van der Waals surface area contributed by atoms with Crippen molar-refractivity contribution in [3.05, 3.63) is 0 Å². The molecule has 4 heteroatoms. The highest BCUT2D eigenvalue weighted by molar-refractivity contribution is 5.81. The maximum atomic E-state index is 11.8. The molecule has 1 fully saturated rings. The summed E-state index contributed by atoms with van der Waals surface area (Å²) >= 11 is 0. The summed E-state index contributed by atoms with van der Waals surface area (Å²) in [5.74, 6) is 0.693. The van der Waals surface area contributed by atoms with E-state index in [1.165, 1.54) is 0 Å². The van der Waals surface area contributed by atoms with Crippen LogP contribution in [0.3, 0.4) is 0 Å². The van der Waals surface area contributed by atoms with Gasteiger partial charge in [-0.05, 0) is 31.7 Å². The van der Waals surface area contributed by atoms with Gasteiger partial charge < -0.3 is 15.7 Å². The lowest BCUT2D eigenvalue weighted by atomic mass is 9.90. The van der Waals surface area contributed by atoms with E-state index >= 15 is 0 Å². The van der Waals surface area contributed by atoms with E-state index in [1.54, 1.807) is 0 Å². The Labute approximate surface area is 97.8 Å². The van der Waals surface area contributed by atoms with Crippen LogP contribution in [0.15, 0.2) is 0 Å². The molecule has 3 N–H and O–H groups in total. The van der Waals surface area contributed by atoms with E-state index in [9.17, 15) is 9.90 Å². The minimum Gasteiger partial charge on any atom is -0.391 e. The van der Waals surface area contributed by atoms with Crippen molar-refractivity contribution in [3.63, 3.8) is 0 Å². The summed E-state index contributed by atoms with van der Waals surface area (Å²) in [6.45, 7) is 5.37. The molecule has 1 heterocycles. The van der Waals surface area contributed by atoms with Gasteiger partial charge in [-0.3, -0.25) is 4.79 Å². The molecule has 0 aromatic rings. The molecule has 1 aliphatic rings. The van der Waals surface area contributed by atoms with Gasteiger partial charge in [0.05, 0.1) is 12.1 Å². The first-order valence-electron chi connectivity index (χ1n) is 6.36. The molecule has 0 spiro atoms. The van der Waals surface area contributed by atoms with Crippen LogP contribution in [0.2, 0.25) is 0 Å². The second-order valence-electron chi connectivity index (χ2n) is 4.61. The zero-order valence-electron chi connectivity index (χ0n) is 10.3. The fourth-order valence-electron chi connectivity index (χ4n) is 2.05. The highest BCUT2D eigenvalue weighted by atomic mass is 16.3. The number of carbonyl (C=O) groups excluding carboxylic acids is 1. The average molecular weight is 228 g/mol. The van der Waals surface area contributed by atoms with Crippen LogP contribution in [0.1, 0.15) is 39.5 Å².